The molecule has 1 aromatic carbocycles. The fourth-order valence-electron chi connectivity index (χ4n) is 3.57. The highest BCUT2D eigenvalue weighted by atomic mass is 16.5. The number of nitrogens with one attached hydrogen (secondary N) is 1. The largest absolute Gasteiger partial charge is 0.454 e. The third-order valence-electron chi connectivity index (χ3n) is 4.86. The Bertz CT molecular complexity index is 805. The first kappa shape index (κ1) is 18.6. The van der Waals surface area contributed by atoms with Gasteiger partial charge in [-0.25, -0.2) is 0 Å². The molecule has 1 heterocycles. The van der Waals surface area contributed by atoms with Gasteiger partial charge < -0.3 is 10.1 Å². The second-order valence-electron chi connectivity index (χ2n) is 6.66. The van der Waals surface area contributed by atoms with Crippen LogP contribution in [0.4, 0.5) is 5.69 Å². The maximum Gasteiger partial charge on any atom is 0.326 e. The van der Waals surface area contributed by atoms with Gasteiger partial charge in [-0.15, -0.1) is 0 Å². The Hall–Kier alpha value is -3.21. The molecule has 2 fully saturated rings. The molecular formula is C19H19N3O5. The van der Waals surface area contributed by atoms with Crippen molar-refractivity contribution < 1.29 is 23.9 Å². The van der Waals surface area contributed by atoms with Crippen molar-refractivity contribution in [2.75, 3.05) is 18.5 Å². The standard InChI is InChI=1S/C19H19N3O5/c20-9-12-4-3-5-13(8-12)21-16(23)11-27-17(24)10-22-18(25)14-6-1-2-7-15(14)19(22)26/h3-5,8,14-15H,1-2,6-7,10-11H2,(H,21,23)/t14-,15+. The molecule has 140 valence electrons. The van der Waals surface area contributed by atoms with Crippen molar-refractivity contribution in [2.24, 2.45) is 11.8 Å². The number of imide groups is 1. The van der Waals surface area contributed by atoms with Crippen molar-refractivity contribution >= 4 is 29.4 Å². The second kappa shape index (κ2) is 7.99. The number of carbonyl (C=O) groups excluding carboxylic acids is 4. The predicted octanol–water partition coefficient (Wildman–Crippen LogP) is 1.22. The molecule has 2 aliphatic rings. The van der Waals surface area contributed by atoms with Crippen LogP contribution in [0.2, 0.25) is 0 Å². The maximum absolute atomic E-state index is 12.3. The molecule has 3 rings (SSSR count). The Morgan fingerprint density at radius 1 is 1.19 bits per heavy atom. The third-order valence-corrected chi connectivity index (χ3v) is 4.86. The summed E-state index contributed by atoms with van der Waals surface area (Å²) < 4.78 is 4.88. The maximum atomic E-state index is 12.3. The van der Waals surface area contributed by atoms with Crippen molar-refractivity contribution in [1.82, 2.24) is 4.90 Å². The quantitative estimate of drug-likeness (QED) is 0.616. The zero-order chi connectivity index (χ0) is 19.4. The number of nitrogens with zero attached hydrogens (tertiary/aromatic N) is 2. The molecule has 0 aromatic heterocycles. The number of esters is 1. The van der Waals surface area contributed by atoms with E-state index in [-0.39, 0.29) is 23.7 Å². The van der Waals surface area contributed by atoms with E-state index < -0.39 is 25.0 Å². The lowest BCUT2D eigenvalue weighted by atomic mass is 9.81. The summed E-state index contributed by atoms with van der Waals surface area (Å²) in [6, 6.07) is 8.25. The monoisotopic (exact) mass is 369 g/mol. The van der Waals surface area contributed by atoms with Gasteiger partial charge in [-0.05, 0) is 31.0 Å². The molecule has 1 saturated carbocycles. The van der Waals surface area contributed by atoms with Gasteiger partial charge in [-0.2, -0.15) is 5.26 Å². The summed E-state index contributed by atoms with van der Waals surface area (Å²) in [6.07, 6.45) is 3.16. The van der Waals surface area contributed by atoms with E-state index >= 15 is 0 Å². The number of likely N-dealkylation sites (tertiary alicyclic amines) is 1. The minimum absolute atomic E-state index is 0.320. The number of ether oxygens (including phenoxy) is 1. The molecule has 2 atom stereocenters. The van der Waals surface area contributed by atoms with Crippen LogP contribution in [-0.4, -0.2) is 41.7 Å². The highest BCUT2D eigenvalue weighted by molar-refractivity contribution is 6.07. The SMILES string of the molecule is N#Cc1cccc(NC(=O)COC(=O)CN2C(=O)[C@H]3CCCC[C@H]3C2=O)c1. The molecule has 1 aromatic rings. The fourth-order valence-corrected chi connectivity index (χ4v) is 3.57. The summed E-state index contributed by atoms with van der Waals surface area (Å²) in [6.45, 7) is -1.01. The average molecular weight is 369 g/mol. The smallest absolute Gasteiger partial charge is 0.326 e. The van der Waals surface area contributed by atoms with Crippen molar-refractivity contribution in [1.29, 1.82) is 5.26 Å². The van der Waals surface area contributed by atoms with Gasteiger partial charge in [-0.1, -0.05) is 18.9 Å². The normalized spacial score (nSPS) is 21.4. The highest BCUT2D eigenvalue weighted by Crippen LogP contribution is 2.37. The number of fused-ring (bicyclic) bond motifs is 1. The molecule has 0 bridgehead atoms. The first-order valence-corrected chi connectivity index (χ1v) is 8.80. The molecule has 1 saturated heterocycles. The van der Waals surface area contributed by atoms with Gasteiger partial charge in [0, 0.05) is 5.69 Å². The predicted molar refractivity (Wildman–Crippen MR) is 92.9 cm³/mol. The molecule has 0 unspecified atom stereocenters. The van der Waals surface area contributed by atoms with Crippen molar-refractivity contribution in [3.63, 3.8) is 0 Å². The van der Waals surface area contributed by atoms with Crippen LogP contribution in [0.15, 0.2) is 24.3 Å². The van der Waals surface area contributed by atoms with Crippen LogP contribution in [0.5, 0.6) is 0 Å². The van der Waals surface area contributed by atoms with Gasteiger partial charge in [0.2, 0.25) is 11.8 Å². The summed E-state index contributed by atoms with van der Waals surface area (Å²) >= 11 is 0. The number of hydrogen-bond donors (Lipinski definition) is 1. The molecule has 0 radical (unpaired) electrons. The Morgan fingerprint density at radius 2 is 1.85 bits per heavy atom. The molecule has 0 spiro atoms. The van der Waals surface area contributed by atoms with E-state index in [2.05, 4.69) is 5.32 Å². The van der Waals surface area contributed by atoms with Gasteiger partial charge in [0.15, 0.2) is 6.61 Å². The molecule has 8 heteroatoms. The van der Waals surface area contributed by atoms with Crippen molar-refractivity contribution in [3.8, 4) is 6.07 Å². The minimum atomic E-state index is -0.809. The molecular weight excluding hydrogens is 350 g/mol. The Balaban J connectivity index is 1.49. The summed E-state index contributed by atoms with van der Waals surface area (Å²) in [5.74, 6) is -2.68. The van der Waals surface area contributed by atoms with Crippen molar-refractivity contribution in [3.05, 3.63) is 29.8 Å². The average Bonchev–Trinajstić information content (AvgIpc) is 2.92. The van der Waals surface area contributed by atoms with E-state index in [1.54, 1.807) is 18.2 Å². The third kappa shape index (κ3) is 4.14. The van der Waals surface area contributed by atoms with Crippen LogP contribution in [0.25, 0.3) is 0 Å². The number of anilines is 1. The van der Waals surface area contributed by atoms with Crippen LogP contribution in [0.3, 0.4) is 0 Å². The zero-order valence-corrected chi connectivity index (χ0v) is 14.6. The lowest BCUT2D eigenvalue weighted by Crippen LogP contribution is -2.37. The van der Waals surface area contributed by atoms with E-state index in [0.717, 1.165) is 17.7 Å². The first-order valence-electron chi connectivity index (χ1n) is 8.80. The number of benzene rings is 1. The molecule has 1 aliphatic carbocycles. The van der Waals surface area contributed by atoms with Crippen LogP contribution in [-0.2, 0) is 23.9 Å². The second-order valence-corrected chi connectivity index (χ2v) is 6.66. The molecule has 27 heavy (non-hydrogen) atoms. The van der Waals surface area contributed by atoms with Crippen LogP contribution < -0.4 is 5.32 Å². The number of nitriles is 1. The summed E-state index contributed by atoms with van der Waals surface area (Å²) in [5.41, 5.74) is 0.793. The van der Waals surface area contributed by atoms with Gasteiger partial charge in [0.05, 0.1) is 23.5 Å². The van der Waals surface area contributed by atoms with E-state index in [4.69, 9.17) is 10.00 Å². The minimum Gasteiger partial charge on any atom is -0.454 e. The molecule has 1 N–H and O–H groups in total. The van der Waals surface area contributed by atoms with Gasteiger partial charge >= 0.3 is 5.97 Å². The number of amides is 3. The lowest BCUT2D eigenvalue weighted by molar-refractivity contribution is -0.154. The summed E-state index contributed by atoms with van der Waals surface area (Å²) in [4.78, 5) is 49.4. The van der Waals surface area contributed by atoms with Crippen LogP contribution in [0, 0.1) is 23.2 Å². The van der Waals surface area contributed by atoms with E-state index in [1.165, 1.54) is 6.07 Å². The van der Waals surface area contributed by atoms with Crippen LogP contribution in [0.1, 0.15) is 31.2 Å². The highest BCUT2D eigenvalue weighted by Gasteiger charge is 2.48. The number of hydrogen-bond acceptors (Lipinski definition) is 6. The Morgan fingerprint density at radius 3 is 2.48 bits per heavy atom. The van der Waals surface area contributed by atoms with Gasteiger partial charge in [-0.3, -0.25) is 24.1 Å². The number of rotatable bonds is 5. The van der Waals surface area contributed by atoms with E-state index in [9.17, 15) is 19.2 Å². The van der Waals surface area contributed by atoms with E-state index in [0.29, 0.717) is 24.1 Å². The summed E-state index contributed by atoms with van der Waals surface area (Å²) in [7, 11) is 0. The van der Waals surface area contributed by atoms with Crippen molar-refractivity contribution in [2.45, 2.75) is 25.7 Å². The Labute approximate surface area is 156 Å². The van der Waals surface area contributed by atoms with E-state index in [1.807, 2.05) is 6.07 Å². The van der Waals surface area contributed by atoms with Gasteiger partial charge in [0.1, 0.15) is 6.54 Å². The molecule has 1 aliphatic heterocycles. The fraction of sp³-hybridized carbons (Fsp3) is 0.421. The zero-order valence-electron chi connectivity index (χ0n) is 14.6. The van der Waals surface area contributed by atoms with Crippen LogP contribution >= 0.6 is 0 Å². The number of carbonyl (C=O) groups is 4. The topological polar surface area (TPSA) is 117 Å². The molecule has 8 nitrogen and oxygen atoms in total. The lowest BCUT2D eigenvalue weighted by Gasteiger charge is -2.19. The Kier molecular flexibility index (Phi) is 5.50. The first-order chi connectivity index (χ1) is 13.0. The molecule has 3 amide bonds. The van der Waals surface area contributed by atoms with Gasteiger partial charge in [0.25, 0.3) is 5.91 Å². The summed E-state index contributed by atoms with van der Waals surface area (Å²) in [5, 5.41) is 11.3.